The highest BCUT2D eigenvalue weighted by Crippen LogP contribution is 2.40. The third kappa shape index (κ3) is 8.66. The number of nitrogens with zero attached hydrogens (tertiary/aromatic N) is 3. The summed E-state index contributed by atoms with van der Waals surface area (Å²) in [5.41, 5.74) is 3.79. The summed E-state index contributed by atoms with van der Waals surface area (Å²) in [6.07, 6.45) is 5.25. The lowest BCUT2D eigenvalue weighted by molar-refractivity contribution is 0.185. The van der Waals surface area contributed by atoms with Crippen LogP contribution in [0.25, 0.3) is 10.4 Å². The van der Waals surface area contributed by atoms with Gasteiger partial charge in [-0.15, -0.1) is 11.3 Å². The molecule has 2 aromatic carbocycles. The SMILES string of the molecule is CC(C)(C)NS(=O)(=O)c1cc(NN(Cc2ccccc2)C(=O)NC#N)ccc1-c1cnc(C2CCC(NC(=O)O)CC2)s1. The maximum Gasteiger partial charge on any atom is 0.404 e. The van der Waals surface area contributed by atoms with Crippen molar-refractivity contribution in [1.29, 1.82) is 5.26 Å². The van der Waals surface area contributed by atoms with Gasteiger partial charge in [0.15, 0.2) is 6.19 Å². The van der Waals surface area contributed by atoms with Crippen LogP contribution in [0.1, 0.15) is 62.9 Å². The minimum atomic E-state index is -4.03. The number of carboxylic acid groups (broad SMARTS) is 1. The number of hydrazine groups is 1. The van der Waals surface area contributed by atoms with E-state index in [1.807, 2.05) is 30.3 Å². The summed E-state index contributed by atoms with van der Waals surface area (Å²) in [5, 5.41) is 24.8. The van der Waals surface area contributed by atoms with Gasteiger partial charge in [-0.05, 0) is 64.2 Å². The number of anilines is 1. The number of nitriles is 1. The van der Waals surface area contributed by atoms with Gasteiger partial charge >= 0.3 is 12.1 Å². The van der Waals surface area contributed by atoms with Crippen molar-refractivity contribution in [3.63, 3.8) is 0 Å². The van der Waals surface area contributed by atoms with Crippen LogP contribution in [0.3, 0.4) is 0 Å². The van der Waals surface area contributed by atoms with Crippen molar-refractivity contribution in [2.75, 3.05) is 5.43 Å². The molecule has 14 heteroatoms. The van der Waals surface area contributed by atoms with Crippen molar-refractivity contribution in [1.82, 2.24) is 25.3 Å². The van der Waals surface area contributed by atoms with Gasteiger partial charge in [-0.2, -0.15) is 5.26 Å². The van der Waals surface area contributed by atoms with Gasteiger partial charge in [0.2, 0.25) is 10.0 Å². The Bertz CT molecular complexity index is 1590. The van der Waals surface area contributed by atoms with Crippen molar-refractivity contribution in [3.8, 4) is 16.6 Å². The zero-order valence-corrected chi connectivity index (χ0v) is 25.8. The monoisotopic (exact) mass is 625 g/mol. The van der Waals surface area contributed by atoms with Crippen LogP contribution in [-0.2, 0) is 16.6 Å². The van der Waals surface area contributed by atoms with Gasteiger partial charge < -0.3 is 10.4 Å². The van der Waals surface area contributed by atoms with Crippen molar-refractivity contribution >= 4 is 39.2 Å². The van der Waals surface area contributed by atoms with Crippen molar-refractivity contribution in [3.05, 3.63) is 65.3 Å². The number of nitrogens with one attached hydrogen (secondary N) is 4. The number of urea groups is 1. The summed E-state index contributed by atoms with van der Waals surface area (Å²) in [6, 6.07) is 13.2. The van der Waals surface area contributed by atoms with E-state index in [9.17, 15) is 18.0 Å². The van der Waals surface area contributed by atoms with Gasteiger partial charge in [-0.1, -0.05) is 36.4 Å². The molecule has 43 heavy (non-hydrogen) atoms. The highest BCUT2D eigenvalue weighted by atomic mass is 32.2. The summed E-state index contributed by atoms with van der Waals surface area (Å²) >= 11 is 1.42. The fourth-order valence-electron chi connectivity index (χ4n) is 4.94. The molecular weight excluding hydrogens is 590 g/mol. The number of carbonyl (C=O) groups excluding carboxylic acids is 1. The first-order valence-electron chi connectivity index (χ1n) is 13.8. The van der Waals surface area contributed by atoms with Crippen molar-refractivity contribution < 1.29 is 23.1 Å². The molecule has 1 aromatic heterocycles. The normalized spacial score (nSPS) is 17.0. The molecular formula is C29H35N7O5S2. The molecule has 3 amide bonds. The average molecular weight is 626 g/mol. The van der Waals surface area contributed by atoms with Crippen LogP contribution < -0.4 is 20.8 Å². The van der Waals surface area contributed by atoms with E-state index in [1.165, 1.54) is 22.4 Å². The molecule has 0 unspecified atom stereocenters. The molecule has 5 N–H and O–H groups in total. The van der Waals surface area contributed by atoms with Crippen LogP contribution in [0.5, 0.6) is 0 Å². The predicted octanol–water partition coefficient (Wildman–Crippen LogP) is 5.20. The number of carbonyl (C=O) groups is 2. The number of aromatic nitrogens is 1. The van der Waals surface area contributed by atoms with Crippen LogP contribution in [-0.4, -0.2) is 47.2 Å². The van der Waals surface area contributed by atoms with Gasteiger partial charge in [-0.25, -0.2) is 38.0 Å². The molecule has 12 nitrogen and oxygen atoms in total. The van der Waals surface area contributed by atoms with Gasteiger partial charge in [0.1, 0.15) is 0 Å². The largest absolute Gasteiger partial charge is 0.465 e. The van der Waals surface area contributed by atoms with Gasteiger partial charge in [-0.3, -0.25) is 5.43 Å². The molecule has 4 rings (SSSR count). The second kappa shape index (κ2) is 13.4. The van der Waals surface area contributed by atoms with E-state index in [-0.39, 0.29) is 23.4 Å². The number of rotatable bonds is 9. The Morgan fingerprint density at radius 1 is 1.12 bits per heavy atom. The average Bonchev–Trinajstić information content (AvgIpc) is 3.42. The van der Waals surface area contributed by atoms with Crippen molar-refractivity contribution in [2.24, 2.45) is 0 Å². The molecule has 0 atom stereocenters. The molecule has 0 bridgehead atoms. The summed E-state index contributed by atoms with van der Waals surface area (Å²) < 4.78 is 30.1. The Morgan fingerprint density at radius 2 is 1.81 bits per heavy atom. The third-order valence-corrected chi connectivity index (χ3v) is 9.75. The fraction of sp³-hybridized carbons (Fsp3) is 0.379. The van der Waals surface area contributed by atoms with E-state index in [0.717, 1.165) is 23.4 Å². The van der Waals surface area contributed by atoms with Gasteiger partial charge in [0, 0.05) is 29.3 Å². The molecule has 3 aromatic rings. The summed E-state index contributed by atoms with van der Waals surface area (Å²) in [5.74, 6) is 0.157. The molecule has 1 saturated carbocycles. The second-order valence-corrected chi connectivity index (χ2v) is 14.1. The Morgan fingerprint density at radius 3 is 2.44 bits per heavy atom. The summed E-state index contributed by atoms with van der Waals surface area (Å²) in [7, 11) is -4.03. The molecule has 0 saturated heterocycles. The van der Waals surface area contributed by atoms with Gasteiger partial charge in [0.25, 0.3) is 0 Å². The minimum absolute atomic E-state index is 0.0114. The number of hydrogen-bond donors (Lipinski definition) is 5. The zero-order chi connectivity index (χ0) is 31.2. The molecule has 0 aliphatic heterocycles. The Balaban J connectivity index is 1.65. The fourth-order valence-corrected chi connectivity index (χ4v) is 7.79. The topological polar surface area (TPSA) is 177 Å². The number of sulfonamides is 1. The summed E-state index contributed by atoms with van der Waals surface area (Å²) in [6.45, 7) is 5.36. The lowest BCUT2D eigenvalue weighted by Gasteiger charge is -2.27. The van der Waals surface area contributed by atoms with E-state index in [2.05, 4.69) is 25.8 Å². The highest BCUT2D eigenvalue weighted by molar-refractivity contribution is 7.89. The Kier molecular flexibility index (Phi) is 9.90. The van der Waals surface area contributed by atoms with Crippen LogP contribution in [0.4, 0.5) is 15.3 Å². The molecule has 1 fully saturated rings. The first-order chi connectivity index (χ1) is 20.3. The number of hydrogen-bond acceptors (Lipinski definition) is 8. The Labute approximate surface area is 255 Å². The first-order valence-corrected chi connectivity index (χ1v) is 16.1. The predicted molar refractivity (Wildman–Crippen MR) is 164 cm³/mol. The van der Waals surface area contributed by atoms with Crippen LogP contribution in [0, 0.1) is 11.5 Å². The van der Waals surface area contributed by atoms with Crippen LogP contribution in [0.2, 0.25) is 0 Å². The quantitative estimate of drug-likeness (QED) is 0.122. The molecule has 1 aliphatic rings. The smallest absolute Gasteiger partial charge is 0.404 e. The van der Waals surface area contributed by atoms with E-state index < -0.39 is 27.7 Å². The first kappa shape index (κ1) is 31.7. The maximum atomic E-state index is 13.7. The van der Waals surface area contributed by atoms with E-state index in [4.69, 9.17) is 10.4 Å². The zero-order valence-electron chi connectivity index (χ0n) is 24.1. The Hall–Kier alpha value is -4.19. The van der Waals surface area contributed by atoms with Crippen molar-refractivity contribution in [2.45, 2.75) is 75.4 Å². The molecule has 0 radical (unpaired) electrons. The van der Waals surface area contributed by atoms with Crippen LogP contribution >= 0.6 is 11.3 Å². The molecule has 228 valence electrons. The lowest BCUT2D eigenvalue weighted by Crippen LogP contribution is -2.42. The third-order valence-electron chi connectivity index (χ3n) is 6.76. The van der Waals surface area contributed by atoms with E-state index >= 15 is 0 Å². The van der Waals surface area contributed by atoms with E-state index in [1.54, 1.807) is 45.3 Å². The molecule has 1 aliphatic carbocycles. The molecule has 0 spiro atoms. The van der Waals surface area contributed by atoms with Gasteiger partial charge in [0.05, 0.1) is 27.0 Å². The second-order valence-electron chi connectivity index (χ2n) is 11.4. The highest BCUT2D eigenvalue weighted by Gasteiger charge is 2.29. The number of benzene rings is 2. The lowest BCUT2D eigenvalue weighted by atomic mass is 9.86. The van der Waals surface area contributed by atoms with E-state index in [0.29, 0.717) is 29.0 Å². The maximum absolute atomic E-state index is 13.7. The molecule has 1 heterocycles. The summed E-state index contributed by atoms with van der Waals surface area (Å²) in [4.78, 5) is 29.0. The van der Waals surface area contributed by atoms with Crippen LogP contribution in [0.15, 0.2) is 59.6 Å². The standard InChI is InChI=1S/C29H35N7O5S2/c1-29(2,3)35-43(40,41)25-15-22(34-36(27(37)32-18-30)17-19-7-5-4-6-8-19)13-14-23(25)24-16-31-26(42-24)20-9-11-21(12-10-20)33-28(38)39/h4-8,13-16,20-21,33-35H,9-12,17H2,1-3H3,(H,32,37)(H,38,39). The number of thiazole rings is 1. The number of amides is 3. The minimum Gasteiger partial charge on any atom is -0.465 e.